The van der Waals surface area contributed by atoms with Crippen molar-refractivity contribution in [2.45, 2.75) is 26.7 Å². The third kappa shape index (κ3) is 5.12. The highest BCUT2D eigenvalue weighted by atomic mass is 16.2. The molecule has 0 saturated carbocycles. The van der Waals surface area contributed by atoms with Crippen molar-refractivity contribution in [3.8, 4) is 0 Å². The van der Waals surface area contributed by atoms with E-state index in [-0.39, 0.29) is 30.7 Å². The molecule has 7 heteroatoms. The van der Waals surface area contributed by atoms with E-state index in [0.717, 1.165) is 42.7 Å². The van der Waals surface area contributed by atoms with E-state index in [1.165, 1.54) is 0 Å². The van der Waals surface area contributed by atoms with Crippen LogP contribution >= 0.6 is 0 Å². The lowest BCUT2D eigenvalue weighted by molar-refractivity contribution is -0.116. The van der Waals surface area contributed by atoms with Crippen LogP contribution in [0, 0.1) is 13.8 Å². The average molecular weight is 396 g/mol. The van der Waals surface area contributed by atoms with Crippen molar-refractivity contribution in [3.05, 3.63) is 52.8 Å². The van der Waals surface area contributed by atoms with Gasteiger partial charge in [0.2, 0.25) is 5.91 Å². The third-order valence-electron chi connectivity index (χ3n) is 5.33. The fraction of sp³-hybridized carbons (Fsp3) is 0.409. The van der Waals surface area contributed by atoms with Crippen LogP contribution in [0.3, 0.4) is 0 Å². The molecule has 2 heterocycles. The van der Waals surface area contributed by atoms with Gasteiger partial charge in [-0.15, -0.1) is 0 Å². The van der Waals surface area contributed by atoms with Gasteiger partial charge in [-0.05, 0) is 57.0 Å². The van der Waals surface area contributed by atoms with E-state index in [2.05, 4.69) is 10.3 Å². The Hall–Kier alpha value is -2.93. The standard InChI is InChI=1S/C22H28N4O3/c1-15-7-6-8-18(16(15)2)24-21(28)14-25(3)13-20(27)17-11-19(23-12-17)22(29)26-9-4-5-10-26/h6-8,11-12,23H,4-5,9-10,13-14H2,1-3H3,(H,24,28). The number of H-pyrrole nitrogens is 1. The highest BCUT2D eigenvalue weighted by Gasteiger charge is 2.22. The highest BCUT2D eigenvalue weighted by molar-refractivity contribution is 6.01. The van der Waals surface area contributed by atoms with E-state index < -0.39 is 0 Å². The van der Waals surface area contributed by atoms with Crippen LogP contribution < -0.4 is 5.32 Å². The Kier molecular flexibility index (Phi) is 6.49. The predicted octanol–water partition coefficient (Wildman–Crippen LogP) is 2.62. The third-order valence-corrected chi connectivity index (χ3v) is 5.33. The molecule has 1 saturated heterocycles. The summed E-state index contributed by atoms with van der Waals surface area (Å²) in [4.78, 5) is 43.6. The van der Waals surface area contributed by atoms with Crippen LogP contribution in [0.15, 0.2) is 30.5 Å². The summed E-state index contributed by atoms with van der Waals surface area (Å²) in [5.41, 5.74) is 3.81. The summed E-state index contributed by atoms with van der Waals surface area (Å²) in [7, 11) is 1.73. The number of ketones is 1. The van der Waals surface area contributed by atoms with E-state index in [4.69, 9.17) is 0 Å². The van der Waals surface area contributed by atoms with Gasteiger partial charge in [-0.1, -0.05) is 12.1 Å². The molecule has 0 atom stereocenters. The number of anilines is 1. The number of hydrogen-bond donors (Lipinski definition) is 2. The molecule has 1 aliphatic rings. The molecule has 2 N–H and O–H groups in total. The first-order valence-electron chi connectivity index (χ1n) is 9.90. The molecule has 7 nitrogen and oxygen atoms in total. The lowest BCUT2D eigenvalue weighted by atomic mass is 10.1. The Morgan fingerprint density at radius 1 is 1.14 bits per heavy atom. The molecule has 0 unspecified atom stereocenters. The van der Waals surface area contributed by atoms with Crippen LogP contribution in [0.25, 0.3) is 0 Å². The van der Waals surface area contributed by atoms with Gasteiger partial charge >= 0.3 is 0 Å². The van der Waals surface area contributed by atoms with Gasteiger partial charge in [0.1, 0.15) is 5.69 Å². The minimum atomic E-state index is -0.173. The number of aryl methyl sites for hydroxylation is 1. The molecular formula is C22H28N4O3. The number of benzene rings is 1. The number of carbonyl (C=O) groups is 3. The Balaban J connectivity index is 1.53. The van der Waals surface area contributed by atoms with Gasteiger partial charge in [-0.2, -0.15) is 0 Å². The van der Waals surface area contributed by atoms with Gasteiger partial charge in [-0.3, -0.25) is 19.3 Å². The number of rotatable bonds is 7. The van der Waals surface area contributed by atoms with Crippen molar-refractivity contribution in [2.24, 2.45) is 0 Å². The topological polar surface area (TPSA) is 85.5 Å². The number of Topliss-reactive ketones (excluding diaryl/α,β-unsaturated/α-hetero) is 1. The van der Waals surface area contributed by atoms with Gasteiger partial charge in [0, 0.05) is 30.5 Å². The molecular weight excluding hydrogens is 368 g/mol. The van der Waals surface area contributed by atoms with E-state index in [9.17, 15) is 14.4 Å². The molecule has 154 valence electrons. The van der Waals surface area contributed by atoms with Crippen LogP contribution in [0.1, 0.15) is 44.8 Å². The molecule has 2 aromatic rings. The van der Waals surface area contributed by atoms with E-state index in [0.29, 0.717) is 11.3 Å². The second-order valence-electron chi connectivity index (χ2n) is 7.69. The number of hydrogen-bond acceptors (Lipinski definition) is 4. The van der Waals surface area contributed by atoms with Crippen molar-refractivity contribution in [1.29, 1.82) is 0 Å². The number of nitrogens with zero attached hydrogens (tertiary/aromatic N) is 2. The molecule has 0 spiro atoms. The number of aromatic nitrogens is 1. The van der Waals surface area contributed by atoms with Crippen molar-refractivity contribution >= 4 is 23.3 Å². The fourth-order valence-electron chi connectivity index (χ4n) is 3.48. The maximum absolute atomic E-state index is 12.5. The number of likely N-dealkylation sites (tertiary alicyclic amines) is 1. The molecule has 1 aromatic carbocycles. The minimum Gasteiger partial charge on any atom is -0.356 e. The van der Waals surface area contributed by atoms with E-state index in [1.807, 2.05) is 32.0 Å². The van der Waals surface area contributed by atoms with Crippen molar-refractivity contribution in [2.75, 3.05) is 38.5 Å². The summed E-state index contributed by atoms with van der Waals surface area (Å²) < 4.78 is 0. The van der Waals surface area contributed by atoms with Crippen molar-refractivity contribution < 1.29 is 14.4 Å². The van der Waals surface area contributed by atoms with Crippen LogP contribution in [0.4, 0.5) is 5.69 Å². The van der Waals surface area contributed by atoms with Crippen LogP contribution in [-0.4, -0.2) is 65.6 Å². The van der Waals surface area contributed by atoms with Gasteiger partial charge < -0.3 is 15.2 Å². The second-order valence-corrected chi connectivity index (χ2v) is 7.69. The first-order chi connectivity index (χ1) is 13.8. The summed E-state index contributed by atoms with van der Waals surface area (Å²) in [5, 5.41) is 2.90. The maximum Gasteiger partial charge on any atom is 0.270 e. The smallest absolute Gasteiger partial charge is 0.270 e. The highest BCUT2D eigenvalue weighted by Crippen LogP contribution is 2.18. The number of amides is 2. The molecule has 0 aliphatic carbocycles. The maximum atomic E-state index is 12.5. The SMILES string of the molecule is Cc1cccc(NC(=O)CN(C)CC(=O)c2c[nH]c(C(=O)N3CCCC3)c2)c1C. The number of carbonyl (C=O) groups excluding carboxylic acids is 3. The zero-order valence-corrected chi connectivity index (χ0v) is 17.2. The van der Waals surface area contributed by atoms with Crippen LogP contribution in [0.2, 0.25) is 0 Å². The monoisotopic (exact) mass is 396 g/mol. The molecule has 1 aliphatic heterocycles. The van der Waals surface area contributed by atoms with Crippen LogP contribution in [0.5, 0.6) is 0 Å². The van der Waals surface area contributed by atoms with E-state index >= 15 is 0 Å². The summed E-state index contributed by atoms with van der Waals surface area (Å²) >= 11 is 0. The molecule has 29 heavy (non-hydrogen) atoms. The summed E-state index contributed by atoms with van der Waals surface area (Å²) in [6, 6.07) is 7.37. The lowest BCUT2D eigenvalue weighted by Crippen LogP contribution is -2.34. The number of likely N-dealkylation sites (N-methyl/N-ethyl adjacent to an activating group) is 1. The summed E-state index contributed by atoms with van der Waals surface area (Å²) in [6.45, 7) is 5.68. The fourth-order valence-corrected chi connectivity index (χ4v) is 3.48. The summed E-state index contributed by atoms with van der Waals surface area (Å²) in [6.07, 6.45) is 3.61. The Bertz CT molecular complexity index is 913. The summed E-state index contributed by atoms with van der Waals surface area (Å²) in [5.74, 6) is -0.375. The predicted molar refractivity (Wildman–Crippen MR) is 112 cm³/mol. The normalized spacial score (nSPS) is 13.7. The first-order valence-corrected chi connectivity index (χ1v) is 9.90. The molecule has 0 radical (unpaired) electrons. The quantitative estimate of drug-likeness (QED) is 0.705. The van der Waals surface area contributed by atoms with Gasteiger partial charge in [0.05, 0.1) is 13.1 Å². The van der Waals surface area contributed by atoms with Gasteiger partial charge in [0.25, 0.3) is 5.91 Å². The largest absolute Gasteiger partial charge is 0.356 e. The van der Waals surface area contributed by atoms with Crippen molar-refractivity contribution in [1.82, 2.24) is 14.8 Å². The minimum absolute atomic E-state index is 0.0668. The van der Waals surface area contributed by atoms with Crippen LogP contribution in [-0.2, 0) is 4.79 Å². The van der Waals surface area contributed by atoms with Gasteiger partial charge in [0.15, 0.2) is 5.78 Å². The Labute approximate surface area is 171 Å². The molecule has 3 rings (SSSR count). The molecule has 2 amide bonds. The first kappa shape index (κ1) is 20.8. The number of nitrogens with one attached hydrogen (secondary N) is 2. The second kappa shape index (κ2) is 9.05. The average Bonchev–Trinajstić information content (AvgIpc) is 3.36. The number of aromatic amines is 1. The van der Waals surface area contributed by atoms with Crippen molar-refractivity contribution in [3.63, 3.8) is 0 Å². The lowest BCUT2D eigenvalue weighted by Gasteiger charge is -2.16. The molecule has 0 bridgehead atoms. The molecule has 1 aromatic heterocycles. The zero-order chi connectivity index (χ0) is 21.0. The zero-order valence-electron chi connectivity index (χ0n) is 17.2. The van der Waals surface area contributed by atoms with E-state index in [1.54, 1.807) is 29.1 Å². The Morgan fingerprint density at radius 3 is 2.59 bits per heavy atom. The molecule has 1 fully saturated rings. The Morgan fingerprint density at radius 2 is 1.86 bits per heavy atom. The van der Waals surface area contributed by atoms with Gasteiger partial charge in [-0.25, -0.2) is 0 Å².